The van der Waals surface area contributed by atoms with Gasteiger partial charge < -0.3 is 10.4 Å². The molecule has 5 rings (SSSR count). The summed E-state index contributed by atoms with van der Waals surface area (Å²) < 4.78 is 1.08. The summed E-state index contributed by atoms with van der Waals surface area (Å²) in [6, 6.07) is 7.55. The van der Waals surface area contributed by atoms with Crippen molar-refractivity contribution in [3.05, 3.63) is 53.7 Å². The monoisotopic (exact) mass is 375 g/mol. The summed E-state index contributed by atoms with van der Waals surface area (Å²) >= 11 is 1.67. The smallest absolute Gasteiger partial charge is 0.125 e. The van der Waals surface area contributed by atoms with E-state index in [2.05, 4.69) is 37.2 Å². The number of fused-ring (bicyclic) bond motifs is 1. The predicted octanol–water partition coefficient (Wildman–Crippen LogP) is 3.83. The Morgan fingerprint density at radius 3 is 2.81 bits per heavy atom. The number of hydrogen-bond acceptors (Lipinski definition) is 6. The molecule has 0 spiro atoms. The lowest BCUT2D eigenvalue weighted by Crippen LogP contribution is -2.19. The predicted molar refractivity (Wildman–Crippen MR) is 108 cm³/mol. The summed E-state index contributed by atoms with van der Waals surface area (Å²) in [5.74, 6) is 0.181. The molecule has 7 heteroatoms. The molecule has 27 heavy (non-hydrogen) atoms. The van der Waals surface area contributed by atoms with Gasteiger partial charge in [0.25, 0.3) is 0 Å². The van der Waals surface area contributed by atoms with Crippen LogP contribution < -0.4 is 5.32 Å². The maximum Gasteiger partial charge on any atom is 0.125 e. The molecule has 134 valence electrons. The van der Waals surface area contributed by atoms with E-state index in [-0.39, 0.29) is 5.75 Å². The highest BCUT2D eigenvalue weighted by Gasteiger charge is 2.15. The molecule has 0 saturated carbocycles. The van der Waals surface area contributed by atoms with Crippen LogP contribution in [0.4, 0.5) is 0 Å². The first kappa shape index (κ1) is 16.2. The number of thiophene rings is 1. The highest BCUT2D eigenvalue weighted by molar-refractivity contribution is 7.17. The zero-order valence-corrected chi connectivity index (χ0v) is 15.3. The van der Waals surface area contributed by atoms with Crippen molar-refractivity contribution in [1.29, 1.82) is 0 Å². The fourth-order valence-corrected chi connectivity index (χ4v) is 4.34. The maximum absolute atomic E-state index is 10.5. The first-order valence-corrected chi connectivity index (χ1v) is 9.65. The van der Waals surface area contributed by atoms with E-state index in [4.69, 9.17) is 0 Å². The van der Waals surface area contributed by atoms with Crippen LogP contribution in [0.2, 0.25) is 0 Å². The summed E-state index contributed by atoms with van der Waals surface area (Å²) in [5.41, 5.74) is 6.61. The number of aromatic amines is 1. The van der Waals surface area contributed by atoms with Gasteiger partial charge in [-0.1, -0.05) is 12.1 Å². The Labute approximate surface area is 159 Å². The summed E-state index contributed by atoms with van der Waals surface area (Å²) in [5, 5.41) is 31.6. The highest BCUT2D eigenvalue weighted by Crippen LogP contribution is 2.36. The molecule has 0 bridgehead atoms. The number of nitrogens with zero attached hydrogens (tertiary/aromatic N) is 3. The number of nitrogens with one attached hydrogen (secondary N) is 2. The van der Waals surface area contributed by atoms with Gasteiger partial charge in [0.05, 0.1) is 16.6 Å². The zero-order valence-electron chi connectivity index (χ0n) is 14.4. The Bertz CT molecular complexity index is 1150. The van der Waals surface area contributed by atoms with Crippen molar-refractivity contribution in [2.24, 2.45) is 0 Å². The molecule has 4 heterocycles. The number of rotatable bonds is 3. The molecule has 0 atom stereocenters. The fourth-order valence-electron chi connectivity index (χ4n) is 3.39. The van der Waals surface area contributed by atoms with Crippen molar-refractivity contribution >= 4 is 27.1 Å². The van der Waals surface area contributed by atoms with Crippen molar-refractivity contribution in [3.8, 4) is 28.1 Å². The maximum atomic E-state index is 10.5. The van der Waals surface area contributed by atoms with E-state index in [9.17, 15) is 5.11 Å². The van der Waals surface area contributed by atoms with Crippen molar-refractivity contribution in [1.82, 2.24) is 25.7 Å². The van der Waals surface area contributed by atoms with Gasteiger partial charge in [-0.25, -0.2) is 0 Å². The Morgan fingerprint density at radius 2 is 2.04 bits per heavy atom. The lowest BCUT2D eigenvalue weighted by Gasteiger charge is -2.13. The van der Waals surface area contributed by atoms with Crippen LogP contribution in [0, 0.1) is 0 Å². The van der Waals surface area contributed by atoms with E-state index < -0.39 is 0 Å². The Morgan fingerprint density at radius 1 is 1.07 bits per heavy atom. The molecular weight excluding hydrogens is 358 g/mol. The largest absolute Gasteiger partial charge is 0.507 e. The van der Waals surface area contributed by atoms with E-state index in [1.165, 1.54) is 11.1 Å². The molecule has 0 radical (unpaired) electrons. The van der Waals surface area contributed by atoms with E-state index >= 15 is 0 Å². The van der Waals surface area contributed by atoms with E-state index in [0.29, 0.717) is 11.3 Å². The van der Waals surface area contributed by atoms with Crippen LogP contribution in [0.5, 0.6) is 5.75 Å². The first-order chi connectivity index (χ1) is 13.3. The van der Waals surface area contributed by atoms with E-state index in [1.54, 1.807) is 29.8 Å². The minimum Gasteiger partial charge on any atom is -0.507 e. The Kier molecular flexibility index (Phi) is 3.95. The summed E-state index contributed by atoms with van der Waals surface area (Å²) in [7, 11) is 0. The van der Waals surface area contributed by atoms with Gasteiger partial charge in [0.15, 0.2) is 0 Å². The van der Waals surface area contributed by atoms with Crippen molar-refractivity contribution in [2.75, 3.05) is 13.1 Å². The third kappa shape index (κ3) is 2.90. The SMILES string of the molecule is Oc1cc(-c2cn[nH]c2)ccc1-c1cc2scc(C3=CCNCC3)c2nn1. The Balaban J connectivity index is 1.53. The zero-order chi connectivity index (χ0) is 18.2. The van der Waals surface area contributed by atoms with Crippen molar-refractivity contribution in [2.45, 2.75) is 6.42 Å². The average molecular weight is 375 g/mol. The highest BCUT2D eigenvalue weighted by atomic mass is 32.1. The van der Waals surface area contributed by atoms with Crippen LogP contribution in [0.1, 0.15) is 12.0 Å². The van der Waals surface area contributed by atoms with Crippen LogP contribution in [0.25, 0.3) is 38.2 Å². The third-order valence-electron chi connectivity index (χ3n) is 4.83. The van der Waals surface area contributed by atoms with Crippen LogP contribution in [-0.4, -0.2) is 38.6 Å². The standard InChI is InChI=1S/C20H17N5OS/c26-18-7-13(14-9-22-23-10-14)1-2-15(18)17-8-19-20(25-24-17)16(11-27-19)12-3-5-21-6-4-12/h1-3,7-11,21,26H,4-6H2,(H,22,23). The number of hydrogen-bond donors (Lipinski definition) is 3. The van der Waals surface area contributed by atoms with Gasteiger partial charge in [0.2, 0.25) is 0 Å². The second-order valence-electron chi connectivity index (χ2n) is 6.49. The van der Waals surface area contributed by atoms with Gasteiger partial charge >= 0.3 is 0 Å². The van der Waals surface area contributed by atoms with Crippen LogP contribution >= 0.6 is 11.3 Å². The van der Waals surface area contributed by atoms with Crippen LogP contribution in [0.3, 0.4) is 0 Å². The van der Waals surface area contributed by atoms with Crippen molar-refractivity contribution in [3.63, 3.8) is 0 Å². The Hall–Kier alpha value is -3.03. The molecule has 0 aliphatic carbocycles. The molecule has 0 amide bonds. The van der Waals surface area contributed by atoms with Crippen LogP contribution in [-0.2, 0) is 0 Å². The molecule has 3 N–H and O–H groups in total. The lowest BCUT2D eigenvalue weighted by molar-refractivity contribution is 0.477. The molecule has 4 aromatic rings. The lowest BCUT2D eigenvalue weighted by atomic mass is 10.0. The number of aromatic hydroxyl groups is 1. The number of phenolic OH excluding ortho intramolecular Hbond substituents is 1. The van der Waals surface area contributed by atoms with Crippen LogP contribution in [0.15, 0.2) is 48.1 Å². The number of aromatic nitrogens is 4. The quantitative estimate of drug-likeness (QED) is 0.507. The minimum atomic E-state index is 0.181. The fraction of sp³-hybridized carbons (Fsp3) is 0.150. The van der Waals surface area contributed by atoms with Gasteiger partial charge in [0.1, 0.15) is 11.3 Å². The number of phenols is 1. The molecule has 3 aromatic heterocycles. The molecule has 0 saturated heterocycles. The molecule has 1 aromatic carbocycles. The van der Waals surface area contributed by atoms with Gasteiger partial charge in [-0.3, -0.25) is 5.10 Å². The summed E-state index contributed by atoms with van der Waals surface area (Å²) in [6.45, 7) is 1.89. The second kappa shape index (κ2) is 6.61. The summed E-state index contributed by atoms with van der Waals surface area (Å²) in [4.78, 5) is 0. The molecular formula is C20H17N5OS. The minimum absolute atomic E-state index is 0.181. The molecule has 0 unspecified atom stereocenters. The number of H-pyrrole nitrogens is 1. The van der Waals surface area contributed by atoms with Crippen molar-refractivity contribution < 1.29 is 5.11 Å². The van der Waals surface area contributed by atoms with Gasteiger partial charge in [0, 0.05) is 34.8 Å². The number of benzene rings is 1. The molecule has 6 nitrogen and oxygen atoms in total. The molecule has 0 fully saturated rings. The second-order valence-corrected chi connectivity index (χ2v) is 7.41. The first-order valence-electron chi connectivity index (χ1n) is 8.77. The van der Waals surface area contributed by atoms with Gasteiger partial charge in [-0.05, 0) is 42.3 Å². The van der Waals surface area contributed by atoms with E-state index in [0.717, 1.165) is 40.9 Å². The third-order valence-corrected chi connectivity index (χ3v) is 5.75. The van der Waals surface area contributed by atoms with Gasteiger partial charge in [-0.2, -0.15) is 5.10 Å². The topological polar surface area (TPSA) is 86.7 Å². The summed E-state index contributed by atoms with van der Waals surface area (Å²) in [6.07, 6.45) is 6.75. The van der Waals surface area contributed by atoms with E-state index in [1.807, 2.05) is 18.2 Å². The average Bonchev–Trinajstić information content (AvgIpc) is 3.38. The van der Waals surface area contributed by atoms with Gasteiger partial charge in [-0.15, -0.1) is 21.5 Å². The molecule has 1 aliphatic heterocycles. The molecule has 1 aliphatic rings. The normalized spacial score (nSPS) is 14.4.